The van der Waals surface area contributed by atoms with Crippen LogP contribution in [0.25, 0.3) is 0 Å². The minimum atomic E-state index is -0.570. The van der Waals surface area contributed by atoms with Crippen LogP contribution in [0.3, 0.4) is 0 Å². The smallest absolute Gasteiger partial charge is 0.292 e. The summed E-state index contributed by atoms with van der Waals surface area (Å²) in [6.07, 6.45) is 4.75. The molecule has 0 spiro atoms. The Morgan fingerprint density at radius 2 is 1.95 bits per heavy atom. The van der Waals surface area contributed by atoms with E-state index < -0.39 is 6.10 Å². The number of ether oxygens (including phenoxy) is 2. The first-order valence-electron chi connectivity index (χ1n) is 7.18. The van der Waals surface area contributed by atoms with E-state index in [9.17, 15) is 5.11 Å². The van der Waals surface area contributed by atoms with Gasteiger partial charge in [0.05, 0.1) is 19.3 Å². The number of aliphatic hydroxyl groups excluding tert-OH is 2. The van der Waals surface area contributed by atoms with Gasteiger partial charge < -0.3 is 19.7 Å². The zero-order chi connectivity index (χ0) is 16.0. The lowest BCUT2D eigenvalue weighted by atomic mass is 9.88. The van der Waals surface area contributed by atoms with Gasteiger partial charge in [-0.1, -0.05) is 32.9 Å². The van der Waals surface area contributed by atoms with Crippen LogP contribution in [0.5, 0.6) is 0 Å². The van der Waals surface area contributed by atoms with Crippen molar-refractivity contribution < 1.29 is 24.5 Å². The highest BCUT2D eigenvalue weighted by Crippen LogP contribution is 2.27. The molecule has 2 unspecified atom stereocenters. The molecule has 0 saturated carbocycles. The van der Waals surface area contributed by atoms with Crippen molar-refractivity contribution in [1.82, 2.24) is 0 Å². The molecule has 4 atom stereocenters. The van der Waals surface area contributed by atoms with E-state index in [0.29, 0.717) is 6.47 Å². The molecule has 0 aromatic rings. The van der Waals surface area contributed by atoms with Crippen molar-refractivity contribution in [3.63, 3.8) is 0 Å². The largest absolute Gasteiger partial charge is 0.471 e. The average Bonchev–Trinajstić information content (AvgIpc) is 2.51. The minimum Gasteiger partial charge on any atom is -0.471 e. The molecule has 2 N–H and O–H groups in total. The minimum absolute atomic E-state index is 0.0368. The molecule has 5 nitrogen and oxygen atoms in total. The predicted molar refractivity (Wildman–Crippen MR) is 79.4 cm³/mol. The maximum absolute atomic E-state index is 9.84. The molecule has 0 radical (unpaired) electrons. The average molecular weight is 290 g/mol. The molecular weight excluding hydrogens is 260 g/mol. The van der Waals surface area contributed by atoms with Crippen LogP contribution < -0.4 is 0 Å². The van der Waals surface area contributed by atoms with Crippen LogP contribution in [0.4, 0.5) is 0 Å². The number of allylic oxidation sites excluding steroid dienone is 1. The predicted octanol–water partition coefficient (Wildman–Crippen LogP) is 1.91. The Kier molecular flexibility index (Phi) is 15.5. The van der Waals surface area contributed by atoms with Gasteiger partial charge in [-0.05, 0) is 19.8 Å². The van der Waals surface area contributed by atoms with Gasteiger partial charge in [-0.3, -0.25) is 4.79 Å². The first-order valence-corrected chi connectivity index (χ1v) is 7.18. The Morgan fingerprint density at radius 3 is 2.30 bits per heavy atom. The van der Waals surface area contributed by atoms with E-state index in [1.807, 2.05) is 32.9 Å². The van der Waals surface area contributed by atoms with Crippen molar-refractivity contribution in [3.05, 3.63) is 12.2 Å². The quantitative estimate of drug-likeness (QED) is 0.611. The number of aliphatic hydroxyl groups is 2. The van der Waals surface area contributed by atoms with Crippen LogP contribution in [0.1, 0.15) is 40.5 Å². The van der Waals surface area contributed by atoms with Gasteiger partial charge >= 0.3 is 0 Å². The van der Waals surface area contributed by atoms with Gasteiger partial charge in [0.2, 0.25) is 0 Å². The third-order valence-corrected chi connectivity index (χ3v) is 2.90. The van der Waals surface area contributed by atoms with E-state index in [-0.39, 0.29) is 24.7 Å². The molecule has 1 saturated heterocycles. The standard InChI is InChI=1S/C11H20O3.C2H4O2.C2H6/c1-3-5-10-11(13)8(7-12)6-9(4-2)14-10;1-4-2-3;1-2/h3,5,8-13H,4,6-7H2,1-2H3;2H,1H3;1-2H3/b5-3+;;/t8?,9-,10?,11+;;/m1../s1. The summed E-state index contributed by atoms with van der Waals surface area (Å²) in [5.41, 5.74) is 0. The van der Waals surface area contributed by atoms with Crippen molar-refractivity contribution >= 4 is 6.47 Å². The normalized spacial score (nSPS) is 28.8. The second kappa shape index (κ2) is 14.5. The molecule has 1 aliphatic heterocycles. The molecule has 0 aromatic carbocycles. The van der Waals surface area contributed by atoms with Gasteiger partial charge in [0.1, 0.15) is 6.10 Å². The molecule has 20 heavy (non-hydrogen) atoms. The van der Waals surface area contributed by atoms with Crippen molar-refractivity contribution in [2.24, 2.45) is 5.92 Å². The van der Waals surface area contributed by atoms with E-state index in [1.165, 1.54) is 7.11 Å². The second-order valence-electron chi connectivity index (χ2n) is 4.16. The van der Waals surface area contributed by atoms with Gasteiger partial charge in [0.25, 0.3) is 6.47 Å². The number of hydrogen-bond acceptors (Lipinski definition) is 5. The highest BCUT2D eigenvalue weighted by Gasteiger charge is 2.34. The van der Waals surface area contributed by atoms with Crippen LogP contribution in [-0.4, -0.2) is 48.7 Å². The van der Waals surface area contributed by atoms with Crippen LogP contribution >= 0.6 is 0 Å². The number of hydrogen-bond donors (Lipinski definition) is 2. The Morgan fingerprint density at radius 1 is 1.40 bits per heavy atom. The monoisotopic (exact) mass is 290 g/mol. The topological polar surface area (TPSA) is 76.0 Å². The molecule has 0 aromatic heterocycles. The Labute approximate surface area is 122 Å². The third-order valence-electron chi connectivity index (χ3n) is 2.90. The fourth-order valence-corrected chi connectivity index (χ4v) is 1.90. The van der Waals surface area contributed by atoms with Crippen molar-refractivity contribution in [2.45, 2.75) is 58.8 Å². The highest BCUT2D eigenvalue weighted by molar-refractivity contribution is 5.36. The number of rotatable bonds is 4. The molecule has 1 rings (SSSR count). The number of methoxy groups -OCH3 is 1. The van der Waals surface area contributed by atoms with E-state index in [2.05, 4.69) is 11.7 Å². The second-order valence-corrected chi connectivity index (χ2v) is 4.16. The summed E-state index contributed by atoms with van der Waals surface area (Å²) < 4.78 is 9.53. The lowest BCUT2D eigenvalue weighted by Crippen LogP contribution is -2.45. The van der Waals surface area contributed by atoms with E-state index >= 15 is 0 Å². The van der Waals surface area contributed by atoms with Crippen LogP contribution in [0.2, 0.25) is 0 Å². The number of carbonyl (C=O) groups excluding carboxylic acids is 1. The molecule has 1 fully saturated rings. The van der Waals surface area contributed by atoms with E-state index in [4.69, 9.17) is 14.6 Å². The summed E-state index contributed by atoms with van der Waals surface area (Å²) in [5.74, 6) is -0.0464. The third kappa shape index (κ3) is 8.30. The molecular formula is C15H30O5. The lowest BCUT2D eigenvalue weighted by Gasteiger charge is -2.37. The molecule has 0 bridgehead atoms. The van der Waals surface area contributed by atoms with E-state index in [1.54, 1.807) is 0 Å². The molecule has 0 amide bonds. The maximum Gasteiger partial charge on any atom is 0.292 e. The van der Waals surface area contributed by atoms with Crippen LogP contribution in [0.15, 0.2) is 12.2 Å². The molecule has 120 valence electrons. The Hall–Kier alpha value is -0.910. The van der Waals surface area contributed by atoms with Gasteiger partial charge in [-0.15, -0.1) is 0 Å². The fraction of sp³-hybridized carbons (Fsp3) is 0.800. The van der Waals surface area contributed by atoms with Gasteiger partial charge in [-0.2, -0.15) is 0 Å². The van der Waals surface area contributed by atoms with Gasteiger partial charge in [-0.25, -0.2) is 0 Å². The summed E-state index contributed by atoms with van der Waals surface area (Å²) in [7, 11) is 1.31. The number of carbonyl (C=O) groups is 1. The zero-order valence-corrected chi connectivity index (χ0v) is 13.3. The SMILES string of the molecule is C/C=C/C1O[C@H](CC)CC(CO)[C@@H]1O.CC.COC=O. The summed E-state index contributed by atoms with van der Waals surface area (Å²) >= 11 is 0. The molecule has 0 aliphatic carbocycles. The summed E-state index contributed by atoms with van der Waals surface area (Å²) in [6.45, 7) is 8.37. The van der Waals surface area contributed by atoms with Crippen molar-refractivity contribution in [1.29, 1.82) is 0 Å². The first kappa shape index (κ1) is 21.4. The fourth-order valence-electron chi connectivity index (χ4n) is 1.90. The molecule has 1 aliphatic rings. The Bertz CT molecular complexity index is 242. The zero-order valence-electron chi connectivity index (χ0n) is 13.3. The van der Waals surface area contributed by atoms with Crippen LogP contribution in [-0.2, 0) is 14.3 Å². The first-order chi connectivity index (χ1) is 9.64. The Balaban J connectivity index is 0. The van der Waals surface area contributed by atoms with Gasteiger partial charge in [0, 0.05) is 12.5 Å². The summed E-state index contributed by atoms with van der Waals surface area (Å²) in [6, 6.07) is 0. The highest BCUT2D eigenvalue weighted by atomic mass is 16.5. The summed E-state index contributed by atoms with van der Waals surface area (Å²) in [4.78, 5) is 8.95. The van der Waals surface area contributed by atoms with Crippen LogP contribution in [0, 0.1) is 5.92 Å². The molecule has 1 heterocycles. The van der Waals surface area contributed by atoms with Gasteiger partial charge in [0.15, 0.2) is 0 Å². The summed E-state index contributed by atoms with van der Waals surface area (Å²) in [5, 5.41) is 19.0. The molecule has 5 heteroatoms. The maximum atomic E-state index is 9.84. The van der Waals surface area contributed by atoms with E-state index in [0.717, 1.165) is 12.8 Å². The lowest BCUT2D eigenvalue weighted by molar-refractivity contribution is -0.133. The van der Waals surface area contributed by atoms with Crippen molar-refractivity contribution in [2.75, 3.05) is 13.7 Å². The van der Waals surface area contributed by atoms with Crippen molar-refractivity contribution in [3.8, 4) is 0 Å².